The van der Waals surface area contributed by atoms with E-state index in [1.54, 1.807) is 0 Å². The van der Waals surface area contributed by atoms with Gasteiger partial charge in [0, 0.05) is 66.1 Å². The van der Waals surface area contributed by atoms with Gasteiger partial charge in [-0.3, -0.25) is 9.13 Å². The Kier molecular flexibility index (Phi) is 9.23. The molecule has 6 nitrogen and oxygen atoms in total. The van der Waals surface area contributed by atoms with Crippen LogP contribution in [0.15, 0.2) is 267 Å². The Morgan fingerprint density at radius 3 is 1.07 bits per heavy atom. The van der Waals surface area contributed by atoms with E-state index >= 15 is 0 Å². The summed E-state index contributed by atoms with van der Waals surface area (Å²) in [5.74, 6) is 1.40. The van der Waals surface area contributed by atoms with Crippen molar-refractivity contribution in [1.82, 2.24) is 28.2 Å². The fourth-order valence-electron chi connectivity index (χ4n) is 12.2. The van der Waals surface area contributed by atoms with Crippen LogP contribution >= 0.6 is 0 Å². The topological polar surface area (TPSA) is 45.5 Å². The van der Waals surface area contributed by atoms with Gasteiger partial charge in [-0.2, -0.15) is 4.98 Å². The molecule has 0 aliphatic carbocycles. The third kappa shape index (κ3) is 6.41. The van der Waals surface area contributed by atoms with Crippen molar-refractivity contribution in [3.05, 3.63) is 267 Å². The van der Waals surface area contributed by atoms with Crippen LogP contribution in [0, 0.1) is 0 Å². The monoisotopic (exact) mass is 968 g/mol. The van der Waals surface area contributed by atoms with Crippen LogP contribution in [0.5, 0.6) is 0 Å². The first-order chi connectivity index (χ1) is 37.7. The zero-order chi connectivity index (χ0) is 49.8. The summed E-state index contributed by atoms with van der Waals surface area (Å²) >= 11 is 0. The molecule has 0 atom stereocenters. The SMILES string of the molecule is c1ccc(-c2cc(-n3c4ccccc4c4cc(-c5ccc6c7ccccc7n(-c7ccccc7)c6c5)ccc43)nc(-n3c4ccccc4c4cc(-c5ccc6c7ccccc7n(-c7ccccc7)c6c5)ccc43)n2)cc1. The highest BCUT2D eigenvalue weighted by molar-refractivity contribution is 6.14. The van der Waals surface area contributed by atoms with Gasteiger partial charge in [0.2, 0.25) is 5.95 Å². The second-order valence-corrected chi connectivity index (χ2v) is 19.8. The largest absolute Gasteiger partial charge is 0.309 e. The molecule has 6 heteroatoms. The molecular formula is C70H44N6. The normalized spacial score (nSPS) is 11.9. The van der Waals surface area contributed by atoms with E-state index in [0.717, 1.165) is 94.3 Å². The molecule has 5 heterocycles. The van der Waals surface area contributed by atoms with Crippen molar-refractivity contribution in [2.45, 2.75) is 0 Å². The lowest BCUT2D eigenvalue weighted by molar-refractivity contribution is 0.952. The lowest BCUT2D eigenvalue weighted by Gasteiger charge is -2.14. The number of nitrogens with zero attached hydrogens (tertiary/aromatic N) is 6. The van der Waals surface area contributed by atoms with Gasteiger partial charge < -0.3 is 9.13 Å². The Morgan fingerprint density at radius 2 is 0.566 bits per heavy atom. The Labute approximate surface area is 436 Å². The molecule has 0 spiro atoms. The van der Waals surface area contributed by atoms with Crippen LogP contribution in [0.2, 0.25) is 0 Å². The van der Waals surface area contributed by atoms with E-state index in [4.69, 9.17) is 9.97 Å². The lowest BCUT2D eigenvalue weighted by Crippen LogP contribution is -2.07. The summed E-state index contributed by atoms with van der Waals surface area (Å²) in [6.07, 6.45) is 0. The number of hydrogen-bond donors (Lipinski definition) is 0. The van der Waals surface area contributed by atoms with Crippen LogP contribution in [0.3, 0.4) is 0 Å². The summed E-state index contributed by atoms with van der Waals surface area (Å²) in [6, 6.07) is 96.3. The van der Waals surface area contributed by atoms with Crippen LogP contribution in [-0.4, -0.2) is 28.2 Å². The Balaban J connectivity index is 0.869. The first-order valence-corrected chi connectivity index (χ1v) is 25.9. The maximum Gasteiger partial charge on any atom is 0.237 e. The van der Waals surface area contributed by atoms with Crippen molar-refractivity contribution in [2.24, 2.45) is 0 Å². The zero-order valence-corrected chi connectivity index (χ0v) is 41.1. The minimum absolute atomic E-state index is 0.605. The predicted octanol–water partition coefficient (Wildman–Crippen LogP) is 17.9. The molecular weight excluding hydrogens is 925 g/mol. The minimum atomic E-state index is 0.605. The minimum Gasteiger partial charge on any atom is -0.309 e. The van der Waals surface area contributed by atoms with Crippen molar-refractivity contribution in [3.63, 3.8) is 0 Å². The first kappa shape index (κ1) is 42.2. The van der Waals surface area contributed by atoms with Crippen molar-refractivity contribution in [2.75, 3.05) is 0 Å². The molecule has 0 saturated carbocycles. The Bertz CT molecular complexity index is 4690. The molecule has 5 aromatic heterocycles. The summed E-state index contributed by atoms with van der Waals surface area (Å²) in [7, 11) is 0. The van der Waals surface area contributed by atoms with Crippen molar-refractivity contribution in [1.29, 1.82) is 0 Å². The molecule has 76 heavy (non-hydrogen) atoms. The molecule has 0 unspecified atom stereocenters. The summed E-state index contributed by atoms with van der Waals surface area (Å²) in [5, 5.41) is 9.55. The van der Waals surface area contributed by atoms with Gasteiger partial charge in [-0.15, -0.1) is 0 Å². The average molecular weight is 969 g/mol. The van der Waals surface area contributed by atoms with E-state index in [-0.39, 0.29) is 0 Å². The van der Waals surface area contributed by atoms with Gasteiger partial charge in [-0.1, -0.05) is 176 Å². The molecule has 0 aliphatic rings. The number of benzene rings is 11. The number of para-hydroxylation sites is 6. The van der Waals surface area contributed by atoms with Gasteiger partial charge in [0.25, 0.3) is 0 Å². The van der Waals surface area contributed by atoms with Crippen molar-refractivity contribution in [3.8, 4) is 56.7 Å². The highest BCUT2D eigenvalue weighted by Crippen LogP contribution is 2.41. The second-order valence-electron chi connectivity index (χ2n) is 19.8. The molecule has 16 rings (SSSR count). The van der Waals surface area contributed by atoms with Gasteiger partial charge in [-0.05, 0) is 107 Å². The quantitative estimate of drug-likeness (QED) is 0.160. The third-order valence-electron chi connectivity index (χ3n) is 15.6. The molecule has 0 saturated heterocycles. The van der Waals surface area contributed by atoms with Crippen LogP contribution < -0.4 is 0 Å². The fourth-order valence-corrected chi connectivity index (χ4v) is 12.2. The fraction of sp³-hybridized carbons (Fsp3) is 0. The first-order valence-electron chi connectivity index (χ1n) is 25.9. The molecule has 0 radical (unpaired) electrons. The maximum absolute atomic E-state index is 5.60. The van der Waals surface area contributed by atoms with E-state index in [1.165, 1.54) is 43.6 Å². The van der Waals surface area contributed by atoms with E-state index in [1.807, 2.05) is 0 Å². The summed E-state index contributed by atoms with van der Waals surface area (Å²) in [4.78, 5) is 11.0. The summed E-state index contributed by atoms with van der Waals surface area (Å²) < 4.78 is 9.34. The van der Waals surface area contributed by atoms with Crippen LogP contribution in [0.1, 0.15) is 0 Å². The molecule has 0 aliphatic heterocycles. The van der Waals surface area contributed by atoms with E-state index in [0.29, 0.717) is 5.95 Å². The summed E-state index contributed by atoms with van der Waals surface area (Å²) in [6.45, 7) is 0. The van der Waals surface area contributed by atoms with Crippen LogP contribution in [0.25, 0.3) is 144 Å². The Hall–Kier alpha value is -10.3. The molecule has 11 aromatic carbocycles. The van der Waals surface area contributed by atoms with Crippen LogP contribution in [-0.2, 0) is 0 Å². The number of hydrogen-bond acceptors (Lipinski definition) is 2. The van der Waals surface area contributed by atoms with Gasteiger partial charge in [0.15, 0.2) is 0 Å². The second kappa shape index (κ2) is 16.6. The van der Waals surface area contributed by atoms with E-state index < -0.39 is 0 Å². The van der Waals surface area contributed by atoms with E-state index in [2.05, 4.69) is 285 Å². The molecule has 0 bridgehead atoms. The maximum atomic E-state index is 5.60. The van der Waals surface area contributed by atoms with E-state index in [9.17, 15) is 0 Å². The van der Waals surface area contributed by atoms with Gasteiger partial charge in [0.05, 0.1) is 49.8 Å². The van der Waals surface area contributed by atoms with Crippen molar-refractivity contribution < 1.29 is 0 Å². The third-order valence-corrected chi connectivity index (χ3v) is 15.6. The number of aromatic nitrogens is 6. The zero-order valence-electron chi connectivity index (χ0n) is 41.1. The smallest absolute Gasteiger partial charge is 0.237 e. The lowest BCUT2D eigenvalue weighted by atomic mass is 10.0. The van der Waals surface area contributed by atoms with Gasteiger partial charge >= 0.3 is 0 Å². The predicted molar refractivity (Wildman–Crippen MR) is 316 cm³/mol. The van der Waals surface area contributed by atoms with Gasteiger partial charge in [-0.25, -0.2) is 4.98 Å². The average Bonchev–Trinajstić information content (AvgIpc) is 4.30. The highest BCUT2D eigenvalue weighted by atomic mass is 15.2. The van der Waals surface area contributed by atoms with Crippen molar-refractivity contribution >= 4 is 87.2 Å². The molecule has 16 aromatic rings. The highest BCUT2D eigenvalue weighted by Gasteiger charge is 2.22. The summed E-state index contributed by atoms with van der Waals surface area (Å²) in [5.41, 5.74) is 17.7. The molecule has 354 valence electrons. The van der Waals surface area contributed by atoms with Crippen LogP contribution in [0.4, 0.5) is 0 Å². The molecule has 0 amide bonds. The number of rotatable bonds is 7. The van der Waals surface area contributed by atoms with Gasteiger partial charge in [0.1, 0.15) is 5.82 Å². The Morgan fingerprint density at radius 1 is 0.211 bits per heavy atom. The molecule has 0 fully saturated rings. The number of fused-ring (bicyclic) bond motifs is 12. The standard InChI is InChI=1S/C70H44N6/c1-4-18-45(19-5-1)60-44-69(75-63-30-16-12-26-54(63)58-40-46(34-38-65(58)75)48-32-36-56-52-24-10-14-28-61(52)73(67(56)42-48)50-20-6-2-7-21-50)72-70(71-60)76-64-31-17-13-27-55(64)59-41-47(35-39-66(59)76)49-33-37-57-53-25-11-15-29-62(53)74(68(57)43-49)51-22-8-3-9-23-51/h1-44H. The molecule has 0 N–H and O–H groups in total.